The number of fused-ring (bicyclic) bond motifs is 1. The van der Waals surface area contributed by atoms with E-state index in [9.17, 15) is 18.0 Å². The van der Waals surface area contributed by atoms with E-state index >= 15 is 0 Å². The molecule has 2 aliphatic heterocycles. The number of aryl methyl sites for hydroxylation is 1. The number of rotatable bonds is 4. The van der Waals surface area contributed by atoms with E-state index in [0.717, 1.165) is 41.8 Å². The summed E-state index contributed by atoms with van der Waals surface area (Å²) < 4.78 is 43.0. The lowest BCUT2D eigenvalue weighted by molar-refractivity contribution is -0.192. The third-order valence-electron chi connectivity index (χ3n) is 4.89. The molecular formula is C18H21F3N4O5S. The van der Waals surface area contributed by atoms with Gasteiger partial charge in [-0.2, -0.15) is 13.2 Å². The number of halogens is 3. The SMILES string of the molecule is Cc1nnc(N2CC[C@H]3C[C@H](C(=O)NCc4ccco4)O[C@H]3C2)s1.O=C(O)C(F)(F)F. The summed E-state index contributed by atoms with van der Waals surface area (Å²) in [5, 5.41) is 20.2. The van der Waals surface area contributed by atoms with Gasteiger partial charge in [0.25, 0.3) is 0 Å². The Labute approximate surface area is 179 Å². The molecule has 170 valence electrons. The molecule has 4 rings (SSSR count). The highest BCUT2D eigenvalue weighted by Crippen LogP contribution is 2.35. The predicted molar refractivity (Wildman–Crippen MR) is 102 cm³/mol. The number of hydrogen-bond acceptors (Lipinski definition) is 8. The summed E-state index contributed by atoms with van der Waals surface area (Å²) in [6.45, 7) is 4.08. The maximum Gasteiger partial charge on any atom is 0.490 e. The smallest absolute Gasteiger partial charge is 0.475 e. The first kappa shape index (κ1) is 23.0. The number of anilines is 1. The van der Waals surface area contributed by atoms with Crippen molar-refractivity contribution in [1.82, 2.24) is 15.5 Å². The van der Waals surface area contributed by atoms with E-state index < -0.39 is 12.1 Å². The molecule has 2 aromatic rings. The van der Waals surface area contributed by atoms with E-state index in [1.807, 2.05) is 19.1 Å². The Morgan fingerprint density at radius 1 is 1.39 bits per heavy atom. The van der Waals surface area contributed by atoms with Crippen molar-refractivity contribution in [2.24, 2.45) is 5.92 Å². The molecule has 2 N–H and O–H groups in total. The number of piperidine rings is 1. The highest BCUT2D eigenvalue weighted by Gasteiger charge is 2.42. The zero-order chi connectivity index (χ0) is 22.6. The third-order valence-corrected chi connectivity index (χ3v) is 5.79. The zero-order valence-electron chi connectivity index (χ0n) is 16.5. The second kappa shape index (κ2) is 9.64. The summed E-state index contributed by atoms with van der Waals surface area (Å²) in [6.07, 6.45) is -1.96. The number of carbonyl (C=O) groups is 2. The minimum atomic E-state index is -5.08. The molecule has 1 amide bonds. The number of hydrogen-bond donors (Lipinski definition) is 2. The molecule has 0 radical (unpaired) electrons. The van der Waals surface area contributed by atoms with E-state index in [-0.39, 0.29) is 18.1 Å². The molecule has 13 heteroatoms. The van der Waals surface area contributed by atoms with Gasteiger partial charge in [0.05, 0.1) is 18.9 Å². The van der Waals surface area contributed by atoms with Crippen LogP contribution in [0.2, 0.25) is 0 Å². The number of carbonyl (C=O) groups excluding carboxylic acids is 1. The molecule has 2 fully saturated rings. The number of aromatic nitrogens is 2. The first-order chi connectivity index (χ1) is 14.6. The Kier molecular flexibility index (Phi) is 7.15. The molecule has 2 saturated heterocycles. The molecule has 9 nitrogen and oxygen atoms in total. The average Bonchev–Trinajstić information content (AvgIpc) is 3.45. The molecular weight excluding hydrogens is 441 g/mol. The van der Waals surface area contributed by atoms with Gasteiger partial charge in [0.2, 0.25) is 11.0 Å². The van der Waals surface area contributed by atoms with E-state index in [2.05, 4.69) is 20.4 Å². The topological polar surface area (TPSA) is 118 Å². The Hall–Kier alpha value is -2.67. The molecule has 31 heavy (non-hydrogen) atoms. The van der Waals surface area contributed by atoms with Crippen LogP contribution in [0.1, 0.15) is 23.6 Å². The number of nitrogens with one attached hydrogen (secondary N) is 1. The largest absolute Gasteiger partial charge is 0.490 e. The van der Waals surface area contributed by atoms with Crippen LogP contribution in [0, 0.1) is 12.8 Å². The summed E-state index contributed by atoms with van der Waals surface area (Å²) in [6, 6.07) is 3.66. The second-order valence-electron chi connectivity index (χ2n) is 7.10. The molecule has 4 heterocycles. The van der Waals surface area contributed by atoms with Gasteiger partial charge >= 0.3 is 12.1 Å². The molecule has 0 unspecified atom stereocenters. The van der Waals surface area contributed by atoms with Gasteiger partial charge in [-0.1, -0.05) is 11.3 Å². The van der Waals surface area contributed by atoms with Gasteiger partial charge < -0.3 is 24.5 Å². The Morgan fingerprint density at radius 2 is 2.13 bits per heavy atom. The van der Waals surface area contributed by atoms with Crippen molar-refractivity contribution in [1.29, 1.82) is 0 Å². The van der Waals surface area contributed by atoms with Crippen molar-refractivity contribution in [3.05, 3.63) is 29.2 Å². The van der Waals surface area contributed by atoms with E-state index in [1.165, 1.54) is 0 Å². The Balaban J connectivity index is 0.000000339. The number of aliphatic carboxylic acids is 1. The number of furan rings is 1. The molecule has 2 aromatic heterocycles. The van der Waals surface area contributed by atoms with Crippen LogP contribution in [0.5, 0.6) is 0 Å². The third kappa shape index (κ3) is 6.17. The maximum atomic E-state index is 12.3. The van der Waals surface area contributed by atoms with Crippen LogP contribution in [0.3, 0.4) is 0 Å². The standard InChI is InChI=1S/C16H20N4O3S.C2HF3O2/c1-10-18-19-16(24-10)20-5-4-11-7-13(23-14(11)9-20)15(21)17-8-12-3-2-6-22-12;3-2(4,5)1(6)7/h2-3,6,11,13-14H,4-5,7-9H2,1H3,(H,17,21);(H,6,7)/t11-,13+,14-;/m0./s1. The fraction of sp³-hybridized carbons (Fsp3) is 0.556. The number of nitrogens with zero attached hydrogens (tertiary/aromatic N) is 3. The maximum absolute atomic E-state index is 12.3. The zero-order valence-corrected chi connectivity index (χ0v) is 17.3. The number of carboxylic acids is 1. The first-order valence-corrected chi connectivity index (χ1v) is 10.3. The van der Waals surface area contributed by atoms with Crippen LogP contribution in [-0.2, 0) is 20.9 Å². The Bertz CT molecular complexity index is 889. The van der Waals surface area contributed by atoms with Gasteiger partial charge in [-0.05, 0) is 37.8 Å². The highest BCUT2D eigenvalue weighted by molar-refractivity contribution is 7.15. The van der Waals surface area contributed by atoms with Crippen molar-refractivity contribution < 1.29 is 37.0 Å². The van der Waals surface area contributed by atoms with Gasteiger partial charge in [0.15, 0.2) is 0 Å². The van der Waals surface area contributed by atoms with Gasteiger partial charge in [0, 0.05) is 13.1 Å². The normalized spacial score (nSPS) is 23.0. The molecule has 3 atom stereocenters. The molecule has 0 aromatic carbocycles. The lowest BCUT2D eigenvalue weighted by Gasteiger charge is -2.33. The van der Waals surface area contributed by atoms with Crippen molar-refractivity contribution in [2.45, 2.75) is 44.7 Å². The molecule has 0 bridgehead atoms. The van der Waals surface area contributed by atoms with E-state index in [4.69, 9.17) is 19.1 Å². The minimum Gasteiger partial charge on any atom is -0.475 e. The number of ether oxygens (including phenoxy) is 1. The summed E-state index contributed by atoms with van der Waals surface area (Å²) in [5.41, 5.74) is 0. The second-order valence-corrected chi connectivity index (χ2v) is 8.26. The van der Waals surface area contributed by atoms with E-state index in [0.29, 0.717) is 12.5 Å². The first-order valence-electron chi connectivity index (χ1n) is 9.44. The molecule has 0 saturated carbocycles. The number of carboxylic acid groups (broad SMARTS) is 1. The summed E-state index contributed by atoms with van der Waals surface area (Å²) in [5.74, 6) is -1.63. The fourth-order valence-corrected chi connectivity index (χ4v) is 4.11. The summed E-state index contributed by atoms with van der Waals surface area (Å²) >= 11 is 1.60. The lowest BCUT2D eigenvalue weighted by atomic mass is 9.92. The predicted octanol–water partition coefficient (Wildman–Crippen LogP) is 2.37. The van der Waals surface area contributed by atoms with Crippen LogP contribution >= 0.6 is 11.3 Å². The number of amides is 1. The summed E-state index contributed by atoms with van der Waals surface area (Å²) in [7, 11) is 0. The van der Waals surface area contributed by atoms with Crippen molar-refractivity contribution in [3.63, 3.8) is 0 Å². The average molecular weight is 462 g/mol. The van der Waals surface area contributed by atoms with Crippen molar-refractivity contribution >= 4 is 28.3 Å². The summed E-state index contributed by atoms with van der Waals surface area (Å²) in [4.78, 5) is 23.4. The monoisotopic (exact) mass is 462 g/mol. The van der Waals surface area contributed by atoms with Crippen molar-refractivity contribution in [2.75, 3.05) is 18.0 Å². The van der Waals surface area contributed by atoms with Gasteiger partial charge in [-0.25, -0.2) is 4.79 Å². The Morgan fingerprint density at radius 3 is 2.71 bits per heavy atom. The quantitative estimate of drug-likeness (QED) is 0.711. The highest BCUT2D eigenvalue weighted by atomic mass is 32.1. The van der Waals surface area contributed by atoms with Gasteiger partial charge in [0.1, 0.15) is 16.9 Å². The van der Waals surface area contributed by atoms with Crippen molar-refractivity contribution in [3.8, 4) is 0 Å². The van der Waals surface area contributed by atoms with Crippen LogP contribution in [0.25, 0.3) is 0 Å². The van der Waals surface area contributed by atoms with Crippen LogP contribution < -0.4 is 10.2 Å². The van der Waals surface area contributed by atoms with E-state index in [1.54, 1.807) is 17.6 Å². The van der Waals surface area contributed by atoms with Crippen LogP contribution in [0.15, 0.2) is 22.8 Å². The molecule has 0 aliphatic carbocycles. The van der Waals surface area contributed by atoms with Crippen LogP contribution in [0.4, 0.5) is 18.3 Å². The van der Waals surface area contributed by atoms with Gasteiger partial charge in [-0.15, -0.1) is 10.2 Å². The van der Waals surface area contributed by atoms with Gasteiger partial charge in [-0.3, -0.25) is 4.79 Å². The fourth-order valence-electron chi connectivity index (χ4n) is 3.39. The van der Waals surface area contributed by atoms with Crippen LogP contribution in [-0.4, -0.2) is 58.7 Å². The minimum absolute atomic E-state index is 0.0564. The molecule has 0 spiro atoms. The lowest BCUT2D eigenvalue weighted by Crippen LogP contribution is -2.42. The molecule has 2 aliphatic rings. The number of alkyl halides is 3.